The van der Waals surface area contributed by atoms with Crippen molar-refractivity contribution in [3.63, 3.8) is 0 Å². The van der Waals surface area contributed by atoms with Gasteiger partial charge in [0.25, 0.3) is 5.91 Å². The van der Waals surface area contributed by atoms with Crippen molar-refractivity contribution in [3.05, 3.63) is 54.5 Å². The van der Waals surface area contributed by atoms with Crippen LogP contribution in [0.5, 0.6) is 0 Å². The lowest BCUT2D eigenvalue weighted by Gasteiger charge is -2.25. The van der Waals surface area contributed by atoms with Crippen LogP contribution in [-0.4, -0.2) is 95.6 Å². The third-order valence-electron chi connectivity index (χ3n) is 7.10. The van der Waals surface area contributed by atoms with Crippen LogP contribution in [0, 0.1) is 5.82 Å². The second-order valence-electron chi connectivity index (χ2n) is 9.74. The summed E-state index contributed by atoms with van der Waals surface area (Å²) in [6.45, 7) is 1.79. The molecule has 14 heteroatoms. The number of carbonyl (C=O) groups excluding carboxylic acids is 4. The van der Waals surface area contributed by atoms with E-state index >= 15 is 4.39 Å². The fraction of sp³-hybridized carbons (Fsp3) is 0.407. The smallest absolute Gasteiger partial charge is 0.414 e. The second-order valence-corrected chi connectivity index (χ2v) is 9.74. The van der Waals surface area contributed by atoms with E-state index in [2.05, 4.69) is 20.0 Å². The SMILES string of the molecule is COC(=O)CC[C@H]1CN(c2ccc(N3CCCN(C(=O)CNC(=O)c4cn5ccncc5n4)CC3)c(F)c2)C(=O)O1. The summed E-state index contributed by atoms with van der Waals surface area (Å²) in [5.74, 6) is -1.59. The molecule has 2 aliphatic heterocycles. The number of anilines is 2. The lowest BCUT2D eigenvalue weighted by Crippen LogP contribution is -2.42. The van der Waals surface area contributed by atoms with Gasteiger partial charge in [-0.2, -0.15) is 0 Å². The van der Waals surface area contributed by atoms with Crippen LogP contribution in [-0.2, 0) is 19.1 Å². The van der Waals surface area contributed by atoms with Gasteiger partial charge in [-0.15, -0.1) is 0 Å². The largest absolute Gasteiger partial charge is 0.469 e. The van der Waals surface area contributed by atoms with E-state index in [1.165, 1.54) is 24.3 Å². The van der Waals surface area contributed by atoms with Gasteiger partial charge in [0.05, 0.1) is 37.8 Å². The Balaban J connectivity index is 1.14. The van der Waals surface area contributed by atoms with Crippen molar-refractivity contribution < 1.29 is 33.0 Å². The molecule has 3 amide bonds. The Bertz CT molecular complexity index is 1430. The molecule has 1 N–H and O–H groups in total. The Morgan fingerprint density at radius 3 is 2.83 bits per heavy atom. The van der Waals surface area contributed by atoms with Crippen LogP contribution in [0.25, 0.3) is 5.65 Å². The number of halogens is 1. The quantitative estimate of drug-likeness (QED) is 0.402. The molecule has 216 valence electrons. The van der Waals surface area contributed by atoms with Gasteiger partial charge >= 0.3 is 12.1 Å². The average molecular weight is 568 g/mol. The fourth-order valence-electron chi connectivity index (χ4n) is 4.90. The zero-order chi connectivity index (χ0) is 28.9. The van der Waals surface area contributed by atoms with Crippen molar-refractivity contribution in [1.82, 2.24) is 24.6 Å². The van der Waals surface area contributed by atoms with Crippen LogP contribution in [0.1, 0.15) is 29.8 Å². The summed E-state index contributed by atoms with van der Waals surface area (Å²) in [5, 5.41) is 2.62. The van der Waals surface area contributed by atoms with Gasteiger partial charge < -0.3 is 29.0 Å². The number of fused-ring (bicyclic) bond motifs is 1. The van der Waals surface area contributed by atoms with Crippen molar-refractivity contribution in [1.29, 1.82) is 0 Å². The van der Waals surface area contributed by atoms with E-state index < -0.39 is 29.9 Å². The van der Waals surface area contributed by atoms with E-state index in [-0.39, 0.29) is 31.1 Å². The molecular formula is C27H30FN7O6. The first-order chi connectivity index (χ1) is 19.8. The summed E-state index contributed by atoms with van der Waals surface area (Å²) in [6, 6.07) is 4.56. The zero-order valence-electron chi connectivity index (χ0n) is 22.5. The van der Waals surface area contributed by atoms with Gasteiger partial charge in [-0.25, -0.2) is 14.2 Å². The van der Waals surface area contributed by atoms with Crippen LogP contribution < -0.4 is 15.1 Å². The van der Waals surface area contributed by atoms with E-state index in [1.807, 2.05) is 4.90 Å². The Hall–Kier alpha value is -4.75. The number of benzene rings is 1. The number of esters is 1. The first-order valence-corrected chi connectivity index (χ1v) is 13.3. The number of cyclic esters (lactones) is 1. The van der Waals surface area contributed by atoms with Crippen molar-refractivity contribution in [2.75, 3.05) is 56.2 Å². The molecule has 13 nitrogen and oxygen atoms in total. The van der Waals surface area contributed by atoms with Gasteiger partial charge in [-0.1, -0.05) is 0 Å². The number of imidazole rings is 1. The summed E-state index contributed by atoms with van der Waals surface area (Å²) in [6.07, 6.45) is 6.33. The topological polar surface area (TPSA) is 139 Å². The molecule has 0 saturated carbocycles. The molecule has 3 aromatic rings. The Labute approximate surface area is 234 Å². The predicted molar refractivity (Wildman–Crippen MR) is 144 cm³/mol. The maximum absolute atomic E-state index is 15.2. The van der Waals surface area contributed by atoms with Crippen molar-refractivity contribution >= 4 is 40.9 Å². The number of nitrogens with zero attached hydrogens (tertiary/aromatic N) is 6. The number of aromatic nitrogens is 3. The molecule has 5 rings (SSSR count). The van der Waals surface area contributed by atoms with E-state index in [0.29, 0.717) is 56.0 Å². The molecule has 0 unspecified atom stereocenters. The maximum Gasteiger partial charge on any atom is 0.414 e. The van der Waals surface area contributed by atoms with E-state index in [1.54, 1.807) is 40.0 Å². The van der Waals surface area contributed by atoms with E-state index in [9.17, 15) is 19.2 Å². The molecule has 0 spiro atoms. The van der Waals surface area contributed by atoms with Gasteiger partial charge in [0, 0.05) is 51.2 Å². The molecule has 2 aromatic heterocycles. The number of methoxy groups -OCH3 is 1. The normalized spacial score (nSPS) is 17.4. The Kier molecular flexibility index (Phi) is 8.26. The van der Waals surface area contributed by atoms with Crippen LogP contribution in [0.4, 0.5) is 20.6 Å². The van der Waals surface area contributed by atoms with Gasteiger partial charge in [-0.05, 0) is 31.0 Å². The standard InChI is InChI=1S/C27H30FN7O6/c1-40-25(37)6-4-19-16-35(27(39)41-19)18-3-5-22(20(28)13-18)32-8-2-9-33(12-11-32)24(36)15-30-26(38)21-17-34-10-7-29-14-23(34)31-21/h3,5,7,10,13-14,17,19H,2,4,6,8-9,11-12,15-16H2,1H3,(H,30,38)/t19-/m0/s1. The second kappa shape index (κ2) is 12.2. The highest BCUT2D eigenvalue weighted by atomic mass is 19.1. The molecule has 1 aromatic carbocycles. The Morgan fingerprint density at radius 1 is 1.20 bits per heavy atom. The lowest BCUT2D eigenvalue weighted by molar-refractivity contribution is -0.141. The minimum atomic E-state index is -0.596. The summed E-state index contributed by atoms with van der Waals surface area (Å²) >= 11 is 0. The highest BCUT2D eigenvalue weighted by Crippen LogP contribution is 2.29. The molecular weight excluding hydrogens is 537 g/mol. The molecule has 2 saturated heterocycles. The molecule has 0 bridgehead atoms. The minimum Gasteiger partial charge on any atom is -0.469 e. The summed E-state index contributed by atoms with van der Waals surface area (Å²) in [7, 11) is 1.29. The highest BCUT2D eigenvalue weighted by molar-refractivity contribution is 5.95. The molecule has 41 heavy (non-hydrogen) atoms. The van der Waals surface area contributed by atoms with E-state index in [0.717, 1.165) is 0 Å². The third-order valence-corrected chi connectivity index (χ3v) is 7.10. The first kappa shape index (κ1) is 27.8. The number of carbonyl (C=O) groups is 4. The summed E-state index contributed by atoms with van der Waals surface area (Å²) in [5.41, 5.74) is 1.44. The number of ether oxygens (including phenoxy) is 2. The minimum absolute atomic E-state index is 0.121. The van der Waals surface area contributed by atoms with Crippen molar-refractivity contribution in [2.24, 2.45) is 0 Å². The maximum atomic E-state index is 15.2. The van der Waals surface area contributed by atoms with Crippen LogP contribution in [0.3, 0.4) is 0 Å². The molecule has 0 radical (unpaired) electrons. The summed E-state index contributed by atoms with van der Waals surface area (Å²) < 4.78 is 26.8. The monoisotopic (exact) mass is 567 g/mol. The van der Waals surface area contributed by atoms with E-state index in [4.69, 9.17) is 4.74 Å². The zero-order valence-corrected chi connectivity index (χ0v) is 22.5. The first-order valence-electron chi connectivity index (χ1n) is 13.3. The number of hydrogen-bond acceptors (Lipinski definition) is 9. The average Bonchev–Trinajstić information content (AvgIpc) is 3.49. The highest BCUT2D eigenvalue weighted by Gasteiger charge is 2.33. The number of rotatable bonds is 8. The number of hydrogen-bond donors (Lipinski definition) is 1. The van der Waals surface area contributed by atoms with Crippen LogP contribution in [0.15, 0.2) is 43.0 Å². The molecule has 2 aliphatic rings. The lowest BCUT2D eigenvalue weighted by atomic mass is 10.2. The molecule has 1 atom stereocenters. The van der Waals surface area contributed by atoms with Crippen molar-refractivity contribution in [2.45, 2.75) is 25.4 Å². The van der Waals surface area contributed by atoms with Crippen LogP contribution in [0.2, 0.25) is 0 Å². The summed E-state index contributed by atoms with van der Waals surface area (Å²) in [4.78, 5) is 62.1. The molecule has 0 aliphatic carbocycles. The number of amides is 3. The Morgan fingerprint density at radius 2 is 2.05 bits per heavy atom. The third kappa shape index (κ3) is 6.36. The fourth-order valence-corrected chi connectivity index (χ4v) is 4.90. The van der Waals surface area contributed by atoms with Gasteiger partial charge in [-0.3, -0.25) is 24.3 Å². The van der Waals surface area contributed by atoms with Gasteiger partial charge in [0.2, 0.25) is 5.91 Å². The van der Waals surface area contributed by atoms with Gasteiger partial charge in [0.15, 0.2) is 5.65 Å². The number of nitrogens with one attached hydrogen (secondary N) is 1. The predicted octanol–water partition coefficient (Wildman–Crippen LogP) is 1.62. The van der Waals surface area contributed by atoms with Crippen LogP contribution >= 0.6 is 0 Å². The van der Waals surface area contributed by atoms with Crippen molar-refractivity contribution in [3.8, 4) is 0 Å². The molecule has 4 heterocycles. The van der Waals surface area contributed by atoms with Gasteiger partial charge in [0.1, 0.15) is 17.6 Å². The molecule has 2 fully saturated rings.